The Morgan fingerprint density at radius 3 is 2.62 bits per heavy atom. The maximum atomic E-state index is 12.8. The van der Waals surface area contributed by atoms with Crippen molar-refractivity contribution in [3.63, 3.8) is 0 Å². The van der Waals surface area contributed by atoms with Gasteiger partial charge in [-0.15, -0.1) is 12.4 Å². The fourth-order valence-electron chi connectivity index (χ4n) is 2.61. The smallest absolute Gasteiger partial charge is 0.306 e. The van der Waals surface area contributed by atoms with Crippen LogP contribution < -0.4 is 5.32 Å². The molecule has 0 bridgehead atoms. The van der Waals surface area contributed by atoms with Crippen molar-refractivity contribution in [2.75, 3.05) is 13.1 Å². The van der Waals surface area contributed by atoms with Gasteiger partial charge in [0.25, 0.3) is 0 Å². The molecular formula is C17H24Cl2N2O3. The van der Waals surface area contributed by atoms with Gasteiger partial charge in [0.1, 0.15) is 0 Å². The van der Waals surface area contributed by atoms with Crippen LogP contribution in [0.15, 0.2) is 24.3 Å². The predicted octanol–water partition coefficient (Wildman–Crippen LogP) is 2.95. The topological polar surface area (TPSA) is 69.6 Å². The number of benzene rings is 1. The van der Waals surface area contributed by atoms with E-state index in [1.807, 2.05) is 25.1 Å². The number of amides is 1. The molecular weight excluding hydrogens is 351 g/mol. The van der Waals surface area contributed by atoms with Gasteiger partial charge in [-0.1, -0.05) is 30.7 Å². The van der Waals surface area contributed by atoms with Crippen molar-refractivity contribution >= 4 is 35.9 Å². The molecule has 2 rings (SSSR count). The van der Waals surface area contributed by atoms with Crippen LogP contribution >= 0.6 is 24.0 Å². The molecule has 134 valence electrons. The van der Waals surface area contributed by atoms with Crippen LogP contribution in [-0.4, -0.2) is 40.5 Å². The second-order valence-corrected chi connectivity index (χ2v) is 6.83. The van der Waals surface area contributed by atoms with E-state index in [4.69, 9.17) is 16.7 Å². The van der Waals surface area contributed by atoms with Crippen LogP contribution in [-0.2, 0) is 16.1 Å². The van der Waals surface area contributed by atoms with Gasteiger partial charge in [0.05, 0.1) is 11.5 Å². The summed E-state index contributed by atoms with van der Waals surface area (Å²) in [4.78, 5) is 25.6. The van der Waals surface area contributed by atoms with Crippen LogP contribution in [0.2, 0.25) is 5.02 Å². The summed E-state index contributed by atoms with van der Waals surface area (Å²) in [7, 11) is 0. The van der Waals surface area contributed by atoms with E-state index in [1.165, 1.54) is 0 Å². The molecule has 2 unspecified atom stereocenters. The molecule has 1 aromatic carbocycles. The first kappa shape index (κ1) is 20.7. The Hall–Kier alpha value is -1.30. The molecule has 1 fully saturated rings. The van der Waals surface area contributed by atoms with Crippen LogP contribution in [0.5, 0.6) is 0 Å². The summed E-state index contributed by atoms with van der Waals surface area (Å²) in [5.74, 6) is -1.30. The second-order valence-electron chi connectivity index (χ2n) is 6.39. The molecule has 0 aliphatic carbocycles. The first-order valence-electron chi connectivity index (χ1n) is 7.83. The normalized spacial score (nSPS) is 20.5. The van der Waals surface area contributed by atoms with E-state index < -0.39 is 17.4 Å². The van der Waals surface area contributed by atoms with Crippen LogP contribution in [0.1, 0.15) is 32.3 Å². The van der Waals surface area contributed by atoms with Crippen molar-refractivity contribution in [2.24, 2.45) is 5.92 Å². The van der Waals surface area contributed by atoms with Gasteiger partial charge in [0.2, 0.25) is 5.91 Å². The Balaban J connectivity index is 0.00000288. The number of nitrogens with zero attached hydrogens (tertiary/aromatic N) is 1. The zero-order valence-electron chi connectivity index (χ0n) is 13.9. The SMILES string of the molecule is CC(CCN(Cc1cccc(Cl)c1)C(=O)C1(C)CCN1)C(=O)O.Cl. The predicted molar refractivity (Wildman–Crippen MR) is 96.6 cm³/mol. The van der Waals surface area contributed by atoms with Crippen LogP contribution in [0.25, 0.3) is 0 Å². The molecule has 24 heavy (non-hydrogen) atoms. The molecule has 1 aromatic rings. The second kappa shape index (κ2) is 8.70. The van der Waals surface area contributed by atoms with Gasteiger partial charge in [0, 0.05) is 18.1 Å². The Labute approximate surface area is 153 Å². The molecule has 0 radical (unpaired) electrons. The highest BCUT2D eigenvalue weighted by atomic mass is 35.5. The van der Waals surface area contributed by atoms with Crippen LogP contribution in [0.3, 0.4) is 0 Å². The molecule has 2 atom stereocenters. The molecule has 0 spiro atoms. The number of carbonyl (C=O) groups is 2. The lowest BCUT2D eigenvalue weighted by Gasteiger charge is -2.42. The Morgan fingerprint density at radius 2 is 2.12 bits per heavy atom. The van der Waals surface area contributed by atoms with E-state index >= 15 is 0 Å². The fourth-order valence-corrected chi connectivity index (χ4v) is 2.83. The Morgan fingerprint density at radius 1 is 1.46 bits per heavy atom. The van der Waals surface area contributed by atoms with E-state index in [0.29, 0.717) is 24.5 Å². The molecule has 1 aliphatic heterocycles. The maximum Gasteiger partial charge on any atom is 0.306 e. The minimum Gasteiger partial charge on any atom is -0.481 e. The average Bonchev–Trinajstić information content (AvgIpc) is 2.47. The number of aliphatic carboxylic acids is 1. The third-order valence-corrected chi connectivity index (χ3v) is 4.65. The van der Waals surface area contributed by atoms with Crippen molar-refractivity contribution < 1.29 is 14.7 Å². The summed E-state index contributed by atoms with van der Waals surface area (Å²) < 4.78 is 0. The summed E-state index contributed by atoms with van der Waals surface area (Å²) >= 11 is 6.01. The van der Waals surface area contributed by atoms with Gasteiger partial charge >= 0.3 is 5.97 Å². The van der Waals surface area contributed by atoms with Crippen molar-refractivity contribution in [3.8, 4) is 0 Å². The number of carboxylic acid groups (broad SMARTS) is 1. The molecule has 0 aromatic heterocycles. The van der Waals surface area contributed by atoms with Gasteiger partial charge < -0.3 is 15.3 Å². The number of carbonyl (C=O) groups excluding carboxylic acids is 1. The fraction of sp³-hybridized carbons (Fsp3) is 0.529. The quantitative estimate of drug-likeness (QED) is 0.769. The summed E-state index contributed by atoms with van der Waals surface area (Å²) in [5.41, 5.74) is 0.405. The van der Waals surface area contributed by atoms with E-state index in [-0.39, 0.29) is 18.3 Å². The molecule has 0 saturated carbocycles. The molecule has 7 heteroatoms. The van der Waals surface area contributed by atoms with Gasteiger partial charge in [-0.25, -0.2) is 0 Å². The lowest BCUT2D eigenvalue weighted by Crippen LogP contribution is -2.64. The molecule has 1 saturated heterocycles. The van der Waals surface area contributed by atoms with E-state index in [0.717, 1.165) is 18.5 Å². The van der Waals surface area contributed by atoms with Crippen molar-refractivity contribution in [1.82, 2.24) is 10.2 Å². The third kappa shape index (κ3) is 5.10. The third-order valence-electron chi connectivity index (χ3n) is 4.42. The Kier molecular flexibility index (Phi) is 7.52. The highest BCUT2D eigenvalue weighted by molar-refractivity contribution is 6.30. The van der Waals surface area contributed by atoms with Gasteiger partial charge in [-0.2, -0.15) is 0 Å². The number of halogens is 2. The monoisotopic (exact) mass is 374 g/mol. The highest BCUT2D eigenvalue weighted by Gasteiger charge is 2.41. The minimum absolute atomic E-state index is 0. The van der Waals surface area contributed by atoms with E-state index in [9.17, 15) is 9.59 Å². The summed E-state index contributed by atoms with van der Waals surface area (Å²) in [5, 5.41) is 12.8. The number of hydrogen-bond acceptors (Lipinski definition) is 3. The zero-order chi connectivity index (χ0) is 17.0. The van der Waals surface area contributed by atoms with Crippen LogP contribution in [0, 0.1) is 5.92 Å². The number of nitrogens with one attached hydrogen (secondary N) is 1. The summed E-state index contributed by atoms with van der Waals surface area (Å²) in [6, 6.07) is 7.39. The number of rotatable bonds is 7. The molecule has 1 amide bonds. The lowest BCUT2D eigenvalue weighted by atomic mass is 9.88. The van der Waals surface area contributed by atoms with E-state index in [1.54, 1.807) is 17.9 Å². The van der Waals surface area contributed by atoms with Gasteiger partial charge in [-0.05, 0) is 44.0 Å². The lowest BCUT2D eigenvalue weighted by molar-refractivity contribution is -0.144. The average molecular weight is 375 g/mol. The number of carboxylic acids is 1. The molecule has 1 aliphatic rings. The van der Waals surface area contributed by atoms with Crippen molar-refractivity contribution in [3.05, 3.63) is 34.9 Å². The maximum absolute atomic E-state index is 12.8. The standard InChI is InChI=1S/C17H23ClN2O3.ClH/c1-12(15(21)22)6-9-20(16(23)17(2)7-8-19-17)11-13-4-3-5-14(18)10-13;/h3-5,10,12,19H,6-9,11H2,1-2H3,(H,21,22);1H. The van der Waals surface area contributed by atoms with Gasteiger partial charge in [0.15, 0.2) is 0 Å². The summed E-state index contributed by atoms with van der Waals surface area (Å²) in [6.45, 7) is 5.23. The largest absolute Gasteiger partial charge is 0.481 e. The van der Waals surface area contributed by atoms with Crippen LogP contribution in [0.4, 0.5) is 0 Å². The minimum atomic E-state index is -0.840. The Bertz CT molecular complexity index is 591. The molecule has 5 nitrogen and oxygen atoms in total. The van der Waals surface area contributed by atoms with Crippen molar-refractivity contribution in [1.29, 1.82) is 0 Å². The zero-order valence-corrected chi connectivity index (χ0v) is 15.5. The molecule has 1 heterocycles. The first-order valence-corrected chi connectivity index (χ1v) is 8.21. The van der Waals surface area contributed by atoms with Crippen molar-refractivity contribution in [2.45, 2.75) is 38.8 Å². The van der Waals surface area contributed by atoms with E-state index in [2.05, 4.69) is 5.32 Å². The summed E-state index contributed by atoms with van der Waals surface area (Å²) in [6.07, 6.45) is 1.23. The van der Waals surface area contributed by atoms with Gasteiger partial charge in [-0.3, -0.25) is 9.59 Å². The molecule has 2 N–H and O–H groups in total. The number of hydrogen-bond donors (Lipinski definition) is 2. The highest BCUT2D eigenvalue weighted by Crippen LogP contribution is 2.23. The first-order chi connectivity index (χ1) is 10.8.